The van der Waals surface area contributed by atoms with Gasteiger partial charge in [0, 0.05) is 23.0 Å². The van der Waals surface area contributed by atoms with Crippen LogP contribution < -0.4 is 4.74 Å². The first-order chi connectivity index (χ1) is 12.9. The molecular formula is C21H26NO4P. The standard InChI is InChI=1S/C21H26NO4P/c1-4-16(3)26-27(23,24)21(14-17-9-6-5-7-10-17)25-20-12-8-11-19-18(20)13-15(2)22-19/h5-13,16,21-22H,4,14H2,1-3H3,(H,23,24). The van der Waals surface area contributed by atoms with Gasteiger partial charge in [-0.1, -0.05) is 43.3 Å². The van der Waals surface area contributed by atoms with Crippen LogP contribution in [0.15, 0.2) is 54.6 Å². The lowest BCUT2D eigenvalue weighted by Gasteiger charge is -2.26. The molecule has 3 rings (SSSR count). The van der Waals surface area contributed by atoms with E-state index in [-0.39, 0.29) is 12.5 Å². The fourth-order valence-electron chi connectivity index (χ4n) is 2.96. The first-order valence-corrected chi connectivity index (χ1v) is 10.8. The molecule has 0 saturated heterocycles. The van der Waals surface area contributed by atoms with Crippen molar-refractivity contribution >= 4 is 18.5 Å². The Morgan fingerprint density at radius 3 is 2.59 bits per heavy atom. The number of fused-ring (bicyclic) bond motifs is 1. The Kier molecular flexibility index (Phi) is 6.05. The minimum Gasteiger partial charge on any atom is -0.477 e. The van der Waals surface area contributed by atoms with Crippen molar-refractivity contribution in [2.45, 2.75) is 45.6 Å². The van der Waals surface area contributed by atoms with Crippen LogP contribution in [-0.2, 0) is 15.5 Å². The van der Waals surface area contributed by atoms with Crippen LogP contribution in [0, 0.1) is 6.92 Å². The number of benzene rings is 2. The quantitative estimate of drug-likeness (QED) is 0.506. The van der Waals surface area contributed by atoms with Crippen molar-refractivity contribution in [1.82, 2.24) is 4.98 Å². The van der Waals surface area contributed by atoms with Crippen LogP contribution >= 0.6 is 7.60 Å². The van der Waals surface area contributed by atoms with Gasteiger partial charge in [0.25, 0.3) is 0 Å². The van der Waals surface area contributed by atoms with E-state index in [1.807, 2.05) is 68.4 Å². The molecule has 0 bridgehead atoms. The van der Waals surface area contributed by atoms with Gasteiger partial charge in [-0.05, 0) is 44.0 Å². The number of aromatic amines is 1. The molecule has 5 nitrogen and oxygen atoms in total. The van der Waals surface area contributed by atoms with Gasteiger partial charge in [0.2, 0.25) is 5.85 Å². The third-order valence-electron chi connectivity index (χ3n) is 4.54. The highest BCUT2D eigenvalue weighted by Crippen LogP contribution is 2.51. The average molecular weight is 387 g/mol. The molecule has 2 N–H and O–H groups in total. The molecule has 27 heavy (non-hydrogen) atoms. The van der Waals surface area contributed by atoms with Crippen LogP contribution in [0.2, 0.25) is 0 Å². The summed E-state index contributed by atoms with van der Waals surface area (Å²) in [6, 6.07) is 17.2. The molecule has 6 heteroatoms. The maximum atomic E-state index is 13.0. The number of rotatable bonds is 8. The zero-order valence-corrected chi connectivity index (χ0v) is 16.8. The van der Waals surface area contributed by atoms with Gasteiger partial charge in [0.15, 0.2) is 0 Å². The highest BCUT2D eigenvalue weighted by atomic mass is 31.2. The molecule has 2 aromatic carbocycles. The first kappa shape index (κ1) is 19.7. The van der Waals surface area contributed by atoms with Crippen LogP contribution in [0.5, 0.6) is 5.75 Å². The molecular weight excluding hydrogens is 361 g/mol. The van der Waals surface area contributed by atoms with Gasteiger partial charge in [-0.2, -0.15) is 0 Å². The van der Waals surface area contributed by atoms with Gasteiger partial charge in [-0.15, -0.1) is 0 Å². The van der Waals surface area contributed by atoms with Gasteiger partial charge in [-0.25, -0.2) is 0 Å². The van der Waals surface area contributed by atoms with E-state index in [0.29, 0.717) is 12.2 Å². The zero-order chi connectivity index (χ0) is 19.4. The van der Waals surface area contributed by atoms with E-state index in [9.17, 15) is 9.46 Å². The van der Waals surface area contributed by atoms with E-state index in [4.69, 9.17) is 9.26 Å². The minimum atomic E-state index is -4.01. The predicted molar refractivity (Wildman–Crippen MR) is 108 cm³/mol. The molecule has 0 aliphatic heterocycles. The molecule has 0 aliphatic rings. The largest absolute Gasteiger partial charge is 0.477 e. The van der Waals surface area contributed by atoms with Gasteiger partial charge < -0.3 is 19.1 Å². The summed E-state index contributed by atoms with van der Waals surface area (Å²) >= 11 is 0. The van der Waals surface area contributed by atoms with Crippen molar-refractivity contribution in [1.29, 1.82) is 0 Å². The van der Waals surface area contributed by atoms with Gasteiger partial charge in [-0.3, -0.25) is 4.57 Å². The normalized spacial score (nSPS) is 16.0. The number of nitrogens with one attached hydrogen (secondary N) is 1. The second-order valence-electron chi connectivity index (χ2n) is 6.82. The smallest absolute Gasteiger partial charge is 0.368 e. The van der Waals surface area contributed by atoms with E-state index in [1.165, 1.54) is 0 Å². The van der Waals surface area contributed by atoms with E-state index in [1.54, 1.807) is 6.92 Å². The average Bonchev–Trinajstić information content (AvgIpc) is 3.02. The maximum absolute atomic E-state index is 13.0. The monoisotopic (exact) mass is 387 g/mol. The Bertz CT molecular complexity index is 938. The van der Waals surface area contributed by atoms with Crippen molar-refractivity contribution in [3.05, 3.63) is 65.9 Å². The fraction of sp³-hybridized carbons (Fsp3) is 0.333. The van der Waals surface area contributed by atoms with Gasteiger partial charge >= 0.3 is 7.60 Å². The summed E-state index contributed by atoms with van der Waals surface area (Å²) in [6.45, 7) is 5.67. The number of aromatic nitrogens is 1. The molecule has 0 fully saturated rings. The van der Waals surface area contributed by atoms with Crippen molar-refractivity contribution in [3.63, 3.8) is 0 Å². The third-order valence-corrected chi connectivity index (χ3v) is 6.22. The SMILES string of the molecule is CCC(C)OP(=O)(O)C(Cc1ccccc1)Oc1cccc2[nH]c(C)cc12. The molecule has 0 aliphatic carbocycles. The van der Waals surface area contributed by atoms with Crippen molar-refractivity contribution < 1.29 is 18.7 Å². The number of aryl methyl sites for hydroxylation is 1. The molecule has 3 atom stereocenters. The van der Waals surface area contributed by atoms with Crippen LogP contribution in [0.1, 0.15) is 31.5 Å². The van der Waals surface area contributed by atoms with E-state index >= 15 is 0 Å². The molecule has 1 aromatic heterocycles. The van der Waals surface area contributed by atoms with E-state index < -0.39 is 13.4 Å². The Labute approximate surface area is 159 Å². The Morgan fingerprint density at radius 2 is 1.89 bits per heavy atom. The predicted octanol–water partition coefficient (Wildman–Crippen LogP) is 5.42. The molecule has 1 heterocycles. The van der Waals surface area contributed by atoms with E-state index in [2.05, 4.69) is 4.98 Å². The second kappa shape index (κ2) is 8.30. The zero-order valence-electron chi connectivity index (χ0n) is 15.9. The number of H-pyrrole nitrogens is 1. The highest BCUT2D eigenvalue weighted by molar-refractivity contribution is 7.53. The van der Waals surface area contributed by atoms with Crippen LogP contribution in [-0.4, -0.2) is 21.8 Å². The Hall–Kier alpha value is -2.07. The lowest BCUT2D eigenvalue weighted by Crippen LogP contribution is -2.23. The molecule has 3 aromatic rings. The number of hydrogen-bond donors (Lipinski definition) is 2. The summed E-state index contributed by atoms with van der Waals surface area (Å²) in [5, 5.41) is 0.886. The third kappa shape index (κ3) is 4.81. The Balaban J connectivity index is 1.94. The highest BCUT2D eigenvalue weighted by Gasteiger charge is 2.36. The number of hydrogen-bond acceptors (Lipinski definition) is 3. The van der Waals surface area contributed by atoms with Crippen molar-refractivity contribution in [2.24, 2.45) is 0 Å². The van der Waals surface area contributed by atoms with Crippen LogP contribution in [0.25, 0.3) is 10.9 Å². The van der Waals surface area contributed by atoms with Crippen LogP contribution in [0.4, 0.5) is 0 Å². The summed E-state index contributed by atoms with van der Waals surface area (Å²) in [6.07, 6.45) is 0.605. The molecule has 0 radical (unpaired) electrons. The molecule has 0 saturated carbocycles. The maximum Gasteiger partial charge on any atom is 0.368 e. The molecule has 3 unspecified atom stereocenters. The summed E-state index contributed by atoms with van der Waals surface area (Å²) in [7, 11) is -4.01. The molecule has 0 amide bonds. The van der Waals surface area contributed by atoms with Crippen LogP contribution in [0.3, 0.4) is 0 Å². The summed E-state index contributed by atoms with van der Waals surface area (Å²) in [5.41, 5.74) is 2.85. The summed E-state index contributed by atoms with van der Waals surface area (Å²) in [5.74, 6) is -0.422. The summed E-state index contributed by atoms with van der Waals surface area (Å²) < 4.78 is 24.6. The lowest BCUT2D eigenvalue weighted by atomic mass is 10.1. The Morgan fingerprint density at radius 1 is 1.15 bits per heavy atom. The van der Waals surface area contributed by atoms with Crippen molar-refractivity contribution in [2.75, 3.05) is 0 Å². The topological polar surface area (TPSA) is 71.6 Å². The first-order valence-electron chi connectivity index (χ1n) is 9.19. The second-order valence-corrected chi connectivity index (χ2v) is 8.74. The van der Waals surface area contributed by atoms with Gasteiger partial charge in [0.05, 0.1) is 6.10 Å². The minimum absolute atomic E-state index is 0.283. The van der Waals surface area contributed by atoms with Gasteiger partial charge in [0.1, 0.15) is 5.75 Å². The fourth-order valence-corrected chi connectivity index (χ4v) is 4.44. The van der Waals surface area contributed by atoms with Crippen molar-refractivity contribution in [3.8, 4) is 5.75 Å². The molecule has 144 valence electrons. The number of ether oxygens (including phenoxy) is 1. The lowest BCUT2D eigenvalue weighted by molar-refractivity contribution is 0.146. The summed E-state index contributed by atoms with van der Waals surface area (Å²) in [4.78, 5) is 13.9. The molecule has 0 spiro atoms. The van der Waals surface area contributed by atoms with E-state index in [0.717, 1.165) is 22.2 Å².